The van der Waals surface area contributed by atoms with Crippen molar-refractivity contribution >= 4 is 44.6 Å². The lowest BCUT2D eigenvalue weighted by atomic mass is 9.81. The van der Waals surface area contributed by atoms with Crippen LogP contribution in [0, 0.1) is 6.85 Å². The summed E-state index contributed by atoms with van der Waals surface area (Å²) < 4.78 is 33.5. The number of nitrogens with zero attached hydrogens (tertiary/aromatic N) is 4. The molecule has 2 aromatic heterocycles. The van der Waals surface area contributed by atoms with Crippen LogP contribution in [0.4, 0.5) is 22.7 Å². The van der Waals surface area contributed by atoms with Crippen molar-refractivity contribution in [3.8, 4) is 61.8 Å². The van der Waals surface area contributed by atoms with Crippen LogP contribution in [-0.4, -0.2) is 16.2 Å². The van der Waals surface area contributed by atoms with Crippen molar-refractivity contribution in [2.75, 3.05) is 16.5 Å². The van der Waals surface area contributed by atoms with Crippen LogP contribution in [-0.2, 0) is 21.7 Å². The van der Waals surface area contributed by atoms with Crippen molar-refractivity contribution in [2.45, 2.75) is 112 Å². The smallest absolute Gasteiger partial charge is 0.137 e. The topological polar surface area (TPSA) is 33.5 Å². The number of anilines is 4. The van der Waals surface area contributed by atoms with Gasteiger partial charge in [-0.15, -0.1) is 0 Å². The standard InChI is InChI=1S/C77H76N4O/c1-50-21-18-23-55(41-50)66-48-78-72(47-67(66)77(11,12)13)81-68-28-15-14-27-62(68)63-40-39-61(46-71(63)81)82-60-26-20-25-59(45-60)79-49-80(70-30-17-16-29-69(70)79)73-64(52-33-31-51(32-34-52)54-22-19-24-57(42-54)75(5,6)7)43-58(76(8,9)10)44-65(73)53-35-37-56(38-36-53)74(2,3)4/h14-48H,49H2,1-13H3/i1D3. The molecule has 0 amide bonds. The van der Waals surface area contributed by atoms with Gasteiger partial charge in [0.05, 0.1) is 28.1 Å². The summed E-state index contributed by atoms with van der Waals surface area (Å²) in [5.74, 6) is 2.18. The monoisotopic (exact) mass is 1080 g/mol. The van der Waals surface area contributed by atoms with Crippen LogP contribution in [0.15, 0.2) is 212 Å². The lowest BCUT2D eigenvalue weighted by molar-refractivity contribution is 0.483. The first-order chi connectivity index (χ1) is 40.3. The Bertz CT molecular complexity index is 4330. The molecule has 0 spiro atoms. The van der Waals surface area contributed by atoms with E-state index in [0.717, 1.165) is 78.4 Å². The van der Waals surface area contributed by atoms with E-state index in [0.29, 0.717) is 18.0 Å². The fourth-order valence-electron chi connectivity index (χ4n) is 11.8. The zero-order chi connectivity index (χ0) is 60.0. The van der Waals surface area contributed by atoms with Gasteiger partial charge in [-0.1, -0.05) is 222 Å². The van der Waals surface area contributed by atoms with E-state index in [1.807, 2.05) is 24.4 Å². The molecule has 82 heavy (non-hydrogen) atoms. The SMILES string of the molecule is [2H]C([2H])([2H])c1cccc(-c2cnc(-n3c4ccccc4c4ccc(Oc5cccc(N6CN(c7c(-c8ccc(-c9cccc(C(C)(C)C)c9)cc8)cc(C(C)(C)C)cc7-c7ccc(C(C)(C)C)cc7)c7ccccc76)c5)cc43)cc2C(C)(C)C)c1. The predicted octanol–water partition coefficient (Wildman–Crippen LogP) is 21.4. The summed E-state index contributed by atoms with van der Waals surface area (Å²) >= 11 is 0. The van der Waals surface area contributed by atoms with Gasteiger partial charge >= 0.3 is 0 Å². The van der Waals surface area contributed by atoms with Gasteiger partial charge in [0.1, 0.15) is 24.0 Å². The number of hydrogen-bond donors (Lipinski definition) is 0. The normalized spacial score (nSPS) is 13.8. The molecule has 5 nitrogen and oxygen atoms in total. The number of benzene rings is 9. The van der Waals surface area contributed by atoms with Crippen molar-refractivity contribution in [1.82, 2.24) is 9.55 Å². The summed E-state index contributed by atoms with van der Waals surface area (Å²) in [6.07, 6.45) is 1.90. The molecule has 0 aliphatic carbocycles. The Labute approximate surface area is 490 Å². The van der Waals surface area contributed by atoms with E-state index in [9.17, 15) is 0 Å². The van der Waals surface area contributed by atoms with Gasteiger partial charge in [0, 0.05) is 55.6 Å². The van der Waals surface area contributed by atoms with Crippen LogP contribution in [0.5, 0.6) is 11.5 Å². The lowest BCUT2D eigenvalue weighted by Gasteiger charge is -2.30. The summed E-state index contributed by atoms with van der Waals surface area (Å²) in [7, 11) is 0. The minimum atomic E-state index is -2.22. The molecule has 11 aromatic rings. The summed E-state index contributed by atoms with van der Waals surface area (Å²) in [5.41, 5.74) is 20.1. The Morgan fingerprint density at radius 3 is 1.70 bits per heavy atom. The molecule has 1 aliphatic rings. The molecule has 0 fully saturated rings. The Kier molecular flexibility index (Phi) is 12.5. The lowest BCUT2D eigenvalue weighted by Crippen LogP contribution is -2.25. The predicted molar refractivity (Wildman–Crippen MR) is 348 cm³/mol. The van der Waals surface area contributed by atoms with Gasteiger partial charge in [0.25, 0.3) is 0 Å². The Morgan fingerprint density at radius 2 is 1.01 bits per heavy atom. The molecule has 9 aromatic carbocycles. The molecule has 3 heterocycles. The number of ether oxygens (including phenoxy) is 1. The van der Waals surface area contributed by atoms with Gasteiger partial charge in [-0.05, 0) is 139 Å². The summed E-state index contributed by atoms with van der Waals surface area (Å²) in [5, 5.41) is 2.19. The van der Waals surface area contributed by atoms with E-state index >= 15 is 0 Å². The Hall–Kier alpha value is -8.67. The van der Waals surface area contributed by atoms with E-state index in [-0.39, 0.29) is 21.7 Å². The first kappa shape index (κ1) is 50.3. The maximum Gasteiger partial charge on any atom is 0.137 e. The highest BCUT2D eigenvalue weighted by atomic mass is 16.5. The number of hydrogen-bond acceptors (Lipinski definition) is 4. The fourth-order valence-corrected chi connectivity index (χ4v) is 11.8. The second kappa shape index (κ2) is 20.4. The largest absolute Gasteiger partial charge is 0.457 e. The van der Waals surface area contributed by atoms with Crippen molar-refractivity contribution in [2.24, 2.45) is 0 Å². The Balaban J connectivity index is 0.937. The molecule has 0 radical (unpaired) electrons. The third-order valence-electron chi connectivity index (χ3n) is 16.4. The van der Waals surface area contributed by atoms with Crippen LogP contribution in [0.1, 0.15) is 115 Å². The molecule has 410 valence electrons. The van der Waals surface area contributed by atoms with Gasteiger partial charge in [-0.2, -0.15) is 0 Å². The summed E-state index contributed by atoms with van der Waals surface area (Å²) in [6.45, 7) is 25.5. The average Bonchev–Trinajstić information content (AvgIpc) is 1.91. The van der Waals surface area contributed by atoms with Crippen molar-refractivity contribution < 1.29 is 8.85 Å². The van der Waals surface area contributed by atoms with E-state index in [4.69, 9.17) is 13.8 Å². The minimum Gasteiger partial charge on any atom is -0.457 e. The van der Waals surface area contributed by atoms with E-state index < -0.39 is 6.85 Å². The zero-order valence-electron chi connectivity index (χ0n) is 52.6. The number of aryl methyl sites for hydroxylation is 1. The van der Waals surface area contributed by atoms with E-state index in [2.05, 4.69) is 273 Å². The molecular formula is C77H76N4O. The first-order valence-electron chi connectivity index (χ1n) is 30.4. The maximum atomic E-state index is 8.13. The molecule has 12 rings (SSSR count). The van der Waals surface area contributed by atoms with Gasteiger partial charge in [-0.25, -0.2) is 4.98 Å². The van der Waals surface area contributed by atoms with E-state index in [1.54, 1.807) is 12.1 Å². The van der Waals surface area contributed by atoms with Crippen LogP contribution in [0.25, 0.3) is 72.1 Å². The highest BCUT2D eigenvalue weighted by Crippen LogP contribution is 2.52. The van der Waals surface area contributed by atoms with E-state index in [1.165, 1.54) is 44.5 Å². The number of aromatic nitrogens is 2. The second-order valence-corrected chi connectivity index (χ2v) is 26.4. The zero-order valence-corrected chi connectivity index (χ0v) is 49.6. The Morgan fingerprint density at radius 1 is 0.415 bits per heavy atom. The van der Waals surface area contributed by atoms with Crippen LogP contribution < -0.4 is 14.5 Å². The third-order valence-corrected chi connectivity index (χ3v) is 16.4. The van der Waals surface area contributed by atoms with Gasteiger partial charge in [0.15, 0.2) is 0 Å². The van der Waals surface area contributed by atoms with Crippen LogP contribution in [0.2, 0.25) is 0 Å². The molecule has 0 saturated carbocycles. The average molecular weight is 1080 g/mol. The quantitative estimate of drug-likeness (QED) is 0.144. The van der Waals surface area contributed by atoms with Crippen LogP contribution in [0.3, 0.4) is 0 Å². The molecule has 5 heteroatoms. The molecule has 0 unspecified atom stereocenters. The number of para-hydroxylation sites is 3. The number of rotatable bonds is 9. The molecular weight excluding hydrogens is 997 g/mol. The van der Waals surface area contributed by atoms with Crippen molar-refractivity contribution in [3.05, 3.63) is 240 Å². The number of fused-ring (bicyclic) bond motifs is 4. The third kappa shape index (κ3) is 10.3. The molecule has 0 saturated heterocycles. The first-order valence-corrected chi connectivity index (χ1v) is 28.9. The van der Waals surface area contributed by atoms with Gasteiger partial charge in [-0.3, -0.25) is 4.57 Å². The molecule has 0 N–H and O–H groups in total. The fraction of sp³-hybridized carbons (Fsp3) is 0.234. The highest BCUT2D eigenvalue weighted by molar-refractivity contribution is 6.09. The van der Waals surface area contributed by atoms with Gasteiger partial charge in [0.2, 0.25) is 0 Å². The minimum absolute atomic E-state index is 0.0101. The molecule has 0 atom stereocenters. The van der Waals surface area contributed by atoms with Gasteiger partial charge < -0.3 is 14.5 Å². The molecule has 0 bridgehead atoms. The number of pyridine rings is 1. The second-order valence-electron chi connectivity index (χ2n) is 26.4. The maximum absolute atomic E-state index is 8.13. The summed E-state index contributed by atoms with van der Waals surface area (Å²) in [6, 6.07) is 73.7. The summed E-state index contributed by atoms with van der Waals surface area (Å²) in [4.78, 5) is 10.1. The molecule has 1 aliphatic heterocycles. The van der Waals surface area contributed by atoms with Crippen LogP contribution >= 0.6 is 0 Å². The van der Waals surface area contributed by atoms with Crippen molar-refractivity contribution in [3.63, 3.8) is 0 Å². The highest BCUT2D eigenvalue weighted by Gasteiger charge is 2.33. The van der Waals surface area contributed by atoms with Crippen molar-refractivity contribution in [1.29, 1.82) is 0 Å².